The molecule has 1 atom stereocenters. The summed E-state index contributed by atoms with van der Waals surface area (Å²) in [7, 11) is 0. The summed E-state index contributed by atoms with van der Waals surface area (Å²) in [6.07, 6.45) is 1.67. The molecule has 0 radical (unpaired) electrons. The van der Waals surface area contributed by atoms with E-state index in [1.807, 2.05) is 110 Å². The molecule has 0 saturated heterocycles. The standard InChI is InChI=1S/C37H30IN3O3S/c1-25-11-8-9-16-28(25)23-33(41-35(42)27-14-6-3-7-15-27)36(43)40-31-17-10-18-32(24-31)45-34(26-12-4-2-5-13-26)37(44)39-30-21-19-29(38)20-22-30/h2-24,34H,1H3,(H,39,44)(H,40,43)(H,41,42)/b33-23-. The van der Waals surface area contributed by atoms with E-state index in [2.05, 4.69) is 38.5 Å². The van der Waals surface area contributed by atoms with Gasteiger partial charge >= 0.3 is 0 Å². The van der Waals surface area contributed by atoms with Crippen LogP contribution in [0.1, 0.15) is 32.3 Å². The molecule has 0 aromatic heterocycles. The average molecular weight is 724 g/mol. The molecule has 3 N–H and O–H groups in total. The van der Waals surface area contributed by atoms with Gasteiger partial charge in [-0.1, -0.05) is 78.9 Å². The van der Waals surface area contributed by atoms with Crippen molar-refractivity contribution >= 4 is 69.5 Å². The summed E-state index contributed by atoms with van der Waals surface area (Å²) >= 11 is 3.61. The summed E-state index contributed by atoms with van der Waals surface area (Å²) in [4.78, 5) is 41.0. The number of rotatable bonds is 10. The van der Waals surface area contributed by atoms with E-state index in [-0.39, 0.29) is 17.5 Å². The minimum atomic E-state index is -0.543. The number of anilines is 2. The van der Waals surface area contributed by atoms with Gasteiger partial charge in [0, 0.05) is 25.4 Å². The van der Waals surface area contributed by atoms with Crippen molar-refractivity contribution in [3.63, 3.8) is 0 Å². The van der Waals surface area contributed by atoms with E-state index < -0.39 is 11.2 Å². The van der Waals surface area contributed by atoms with E-state index >= 15 is 0 Å². The Bertz CT molecular complexity index is 1830. The third-order valence-corrected chi connectivity index (χ3v) is 8.78. The second-order valence-corrected chi connectivity index (χ2v) is 12.5. The summed E-state index contributed by atoms with van der Waals surface area (Å²) in [5, 5.41) is 8.21. The third-order valence-electron chi connectivity index (χ3n) is 6.82. The number of aryl methyl sites for hydroxylation is 1. The Kier molecular flexibility index (Phi) is 10.8. The van der Waals surface area contributed by atoms with Crippen molar-refractivity contribution in [1.82, 2.24) is 5.32 Å². The smallest absolute Gasteiger partial charge is 0.272 e. The van der Waals surface area contributed by atoms with Crippen molar-refractivity contribution in [2.24, 2.45) is 0 Å². The molecule has 6 nitrogen and oxygen atoms in total. The molecule has 1 unspecified atom stereocenters. The van der Waals surface area contributed by atoms with Crippen LogP contribution in [0, 0.1) is 10.5 Å². The minimum absolute atomic E-state index is 0.107. The Balaban J connectivity index is 1.38. The molecule has 0 aliphatic rings. The van der Waals surface area contributed by atoms with Gasteiger partial charge in [-0.05, 0) is 107 Å². The van der Waals surface area contributed by atoms with E-state index in [4.69, 9.17) is 0 Å². The number of carbonyl (C=O) groups is 3. The van der Waals surface area contributed by atoms with Crippen LogP contribution in [0.2, 0.25) is 0 Å². The van der Waals surface area contributed by atoms with E-state index in [1.54, 1.807) is 36.4 Å². The van der Waals surface area contributed by atoms with Gasteiger partial charge in [-0.3, -0.25) is 14.4 Å². The molecule has 8 heteroatoms. The van der Waals surface area contributed by atoms with Crippen molar-refractivity contribution in [2.75, 3.05) is 10.6 Å². The van der Waals surface area contributed by atoms with Crippen LogP contribution >= 0.6 is 34.4 Å². The number of carbonyl (C=O) groups excluding carboxylic acids is 3. The highest BCUT2D eigenvalue weighted by Gasteiger charge is 2.23. The normalized spacial score (nSPS) is 11.7. The Morgan fingerprint density at radius 1 is 0.711 bits per heavy atom. The van der Waals surface area contributed by atoms with Crippen LogP contribution in [0.3, 0.4) is 0 Å². The summed E-state index contributed by atoms with van der Waals surface area (Å²) < 4.78 is 1.08. The second-order valence-electron chi connectivity index (χ2n) is 10.1. The van der Waals surface area contributed by atoms with Crippen LogP contribution in [0.15, 0.2) is 144 Å². The number of thioether (sulfide) groups is 1. The highest BCUT2D eigenvalue weighted by Crippen LogP contribution is 2.37. The number of hydrogen-bond donors (Lipinski definition) is 3. The molecule has 5 aromatic carbocycles. The summed E-state index contributed by atoms with van der Waals surface area (Å²) in [6.45, 7) is 1.94. The number of halogens is 1. The van der Waals surface area contributed by atoms with E-state index in [0.29, 0.717) is 16.9 Å². The summed E-state index contributed by atoms with van der Waals surface area (Å²) in [6, 6.07) is 40.9. The lowest BCUT2D eigenvalue weighted by atomic mass is 10.1. The first-order valence-electron chi connectivity index (χ1n) is 14.2. The molecule has 0 heterocycles. The highest BCUT2D eigenvalue weighted by atomic mass is 127. The first-order chi connectivity index (χ1) is 21.9. The molecule has 0 saturated carbocycles. The lowest BCUT2D eigenvalue weighted by Crippen LogP contribution is -2.30. The van der Waals surface area contributed by atoms with Crippen LogP contribution in [-0.2, 0) is 9.59 Å². The Morgan fingerprint density at radius 2 is 1.38 bits per heavy atom. The second kappa shape index (κ2) is 15.4. The first-order valence-corrected chi connectivity index (χ1v) is 16.1. The van der Waals surface area contributed by atoms with Gasteiger partial charge in [-0.15, -0.1) is 11.8 Å². The SMILES string of the molecule is Cc1ccccc1/C=C(\NC(=O)c1ccccc1)C(=O)Nc1cccc(SC(C(=O)Nc2ccc(I)cc2)c2ccccc2)c1. The lowest BCUT2D eigenvalue weighted by Gasteiger charge is -2.18. The van der Waals surface area contributed by atoms with E-state index in [9.17, 15) is 14.4 Å². The third kappa shape index (κ3) is 8.93. The van der Waals surface area contributed by atoms with Crippen molar-refractivity contribution in [3.8, 4) is 0 Å². The fourth-order valence-electron chi connectivity index (χ4n) is 4.47. The van der Waals surface area contributed by atoms with E-state index in [1.165, 1.54) is 11.8 Å². The maximum Gasteiger partial charge on any atom is 0.272 e. The number of amides is 3. The zero-order chi connectivity index (χ0) is 31.6. The van der Waals surface area contributed by atoms with Crippen LogP contribution in [-0.4, -0.2) is 17.7 Å². The van der Waals surface area contributed by atoms with Crippen LogP contribution in [0.25, 0.3) is 6.08 Å². The van der Waals surface area contributed by atoms with Gasteiger partial charge in [0.2, 0.25) is 5.91 Å². The van der Waals surface area contributed by atoms with Gasteiger partial charge < -0.3 is 16.0 Å². The lowest BCUT2D eigenvalue weighted by molar-refractivity contribution is -0.116. The molecule has 3 amide bonds. The number of nitrogens with one attached hydrogen (secondary N) is 3. The molecule has 5 aromatic rings. The molecule has 0 spiro atoms. The maximum absolute atomic E-state index is 13.6. The molecule has 0 aliphatic heterocycles. The van der Waals surface area contributed by atoms with Crippen LogP contribution < -0.4 is 16.0 Å². The van der Waals surface area contributed by atoms with Crippen molar-refractivity contribution in [2.45, 2.75) is 17.1 Å². The fourth-order valence-corrected chi connectivity index (χ4v) is 5.91. The van der Waals surface area contributed by atoms with Gasteiger partial charge in [-0.2, -0.15) is 0 Å². The Hall–Kier alpha value is -4.67. The number of benzene rings is 5. The first kappa shape index (κ1) is 31.7. The zero-order valence-corrected chi connectivity index (χ0v) is 27.3. The largest absolute Gasteiger partial charge is 0.325 e. The van der Waals surface area contributed by atoms with Crippen LogP contribution in [0.5, 0.6) is 0 Å². The van der Waals surface area contributed by atoms with Crippen molar-refractivity contribution in [1.29, 1.82) is 0 Å². The number of hydrogen-bond acceptors (Lipinski definition) is 4. The monoisotopic (exact) mass is 723 g/mol. The molecular formula is C37H30IN3O3S. The molecular weight excluding hydrogens is 693 g/mol. The van der Waals surface area contributed by atoms with Crippen molar-refractivity contribution in [3.05, 3.63) is 165 Å². The summed E-state index contributed by atoms with van der Waals surface area (Å²) in [5.74, 6) is -1.02. The molecule has 0 aliphatic carbocycles. The van der Waals surface area contributed by atoms with Gasteiger partial charge in [0.25, 0.3) is 11.8 Å². The minimum Gasteiger partial charge on any atom is -0.325 e. The maximum atomic E-state index is 13.6. The quantitative estimate of drug-likeness (QED) is 0.0767. The van der Waals surface area contributed by atoms with Gasteiger partial charge in [-0.25, -0.2) is 0 Å². The molecule has 5 rings (SSSR count). The fraction of sp³-hybridized carbons (Fsp3) is 0.0541. The predicted molar refractivity (Wildman–Crippen MR) is 191 cm³/mol. The summed E-state index contributed by atoms with van der Waals surface area (Å²) in [5.41, 5.74) is 4.42. The average Bonchev–Trinajstić information content (AvgIpc) is 3.06. The Labute approximate surface area is 280 Å². The molecule has 45 heavy (non-hydrogen) atoms. The van der Waals surface area contributed by atoms with Crippen LogP contribution in [0.4, 0.5) is 11.4 Å². The van der Waals surface area contributed by atoms with Crippen molar-refractivity contribution < 1.29 is 14.4 Å². The Morgan fingerprint density at radius 3 is 2.09 bits per heavy atom. The van der Waals surface area contributed by atoms with Gasteiger partial charge in [0.05, 0.1) is 0 Å². The molecule has 0 fully saturated rings. The zero-order valence-electron chi connectivity index (χ0n) is 24.4. The highest BCUT2D eigenvalue weighted by molar-refractivity contribution is 14.1. The van der Waals surface area contributed by atoms with E-state index in [0.717, 1.165) is 25.2 Å². The van der Waals surface area contributed by atoms with Gasteiger partial charge in [0.15, 0.2) is 0 Å². The molecule has 0 bridgehead atoms. The molecule has 224 valence electrons. The van der Waals surface area contributed by atoms with Gasteiger partial charge in [0.1, 0.15) is 10.9 Å². The predicted octanol–water partition coefficient (Wildman–Crippen LogP) is 8.48. The topological polar surface area (TPSA) is 87.3 Å².